The minimum atomic E-state index is -4.53. The van der Waals surface area contributed by atoms with Crippen molar-refractivity contribution in [1.29, 1.82) is 0 Å². The van der Waals surface area contributed by atoms with Crippen molar-refractivity contribution in [3.8, 4) is 0 Å². The molecule has 1 saturated heterocycles. The standard InChI is InChI=1S/C18H25F3N6O3/c1-12-8-15(28)26(9-12)17(11-27(29)30)4-2-13(3-5-17)24-6-7-25-14(10-24)22-23-16(25)18(19,20)21/h12-13H,2-11H2,1H3/t12?,13-,17-. The molecule has 0 bridgehead atoms. The van der Waals surface area contributed by atoms with Gasteiger partial charge in [-0.05, 0) is 31.6 Å². The van der Waals surface area contributed by atoms with Crippen molar-refractivity contribution >= 4 is 5.91 Å². The Bertz CT molecular complexity index is 834. The largest absolute Gasteiger partial charge is 0.451 e. The Kier molecular flexibility index (Phi) is 5.23. The number of rotatable bonds is 4. The highest BCUT2D eigenvalue weighted by atomic mass is 19.4. The number of halogens is 3. The molecule has 9 nitrogen and oxygen atoms in total. The van der Waals surface area contributed by atoms with Crippen LogP contribution in [0.15, 0.2) is 0 Å². The molecule has 12 heteroatoms. The number of likely N-dealkylation sites (tertiary alicyclic amines) is 1. The number of nitrogens with zero attached hydrogens (tertiary/aromatic N) is 6. The Morgan fingerprint density at radius 1 is 1.23 bits per heavy atom. The molecule has 1 atom stereocenters. The lowest BCUT2D eigenvalue weighted by Crippen LogP contribution is -2.58. The van der Waals surface area contributed by atoms with Gasteiger partial charge in [0.15, 0.2) is 0 Å². The zero-order valence-corrected chi connectivity index (χ0v) is 16.8. The predicted octanol–water partition coefficient (Wildman–Crippen LogP) is 1.94. The molecule has 2 fully saturated rings. The van der Waals surface area contributed by atoms with Gasteiger partial charge in [-0.25, -0.2) is 0 Å². The third-order valence-electron chi connectivity index (χ3n) is 6.75. The molecule has 3 heterocycles. The van der Waals surface area contributed by atoms with Gasteiger partial charge in [0.05, 0.1) is 6.54 Å². The second-order valence-corrected chi connectivity index (χ2v) is 8.82. The van der Waals surface area contributed by atoms with E-state index in [1.807, 2.05) is 6.92 Å². The third-order valence-corrected chi connectivity index (χ3v) is 6.75. The summed E-state index contributed by atoms with van der Waals surface area (Å²) in [6.07, 6.45) is -1.74. The summed E-state index contributed by atoms with van der Waals surface area (Å²) in [5.41, 5.74) is -0.763. The van der Waals surface area contributed by atoms with Crippen LogP contribution in [0, 0.1) is 16.0 Å². The molecule has 4 rings (SSSR count). The number of carbonyl (C=O) groups excluding carboxylic acids is 1. The molecule has 0 aromatic carbocycles. The minimum absolute atomic E-state index is 0.0199. The topological polar surface area (TPSA) is 97.4 Å². The van der Waals surface area contributed by atoms with Crippen molar-refractivity contribution < 1.29 is 22.9 Å². The first-order valence-corrected chi connectivity index (χ1v) is 10.2. The number of hydrogen-bond donors (Lipinski definition) is 0. The van der Waals surface area contributed by atoms with Gasteiger partial charge in [-0.2, -0.15) is 13.2 Å². The maximum atomic E-state index is 13.0. The van der Waals surface area contributed by atoms with E-state index in [9.17, 15) is 28.1 Å². The molecule has 1 aromatic rings. The quantitative estimate of drug-likeness (QED) is 0.535. The van der Waals surface area contributed by atoms with Crippen molar-refractivity contribution in [3.05, 3.63) is 21.8 Å². The monoisotopic (exact) mass is 430 g/mol. The second kappa shape index (κ2) is 7.47. The summed E-state index contributed by atoms with van der Waals surface area (Å²) >= 11 is 0. The molecule has 1 aliphatic carbocycles. The lowest BCUT2D eigenvalue weighted by atomic mass is 9.77. The van der Waals surface area contributed by atoms with Crippen molar-refractivity contribution in [3.63, 3.8) is 0 Å². The molecule has 166 valence electrons. The van der Waals surface area contributed by atoms with E-state index in [1.165, 1.54) is 0 Å². The van der Waals surface area contributed by atoms with Crippen LogP contribution < -0.4 is 0 Å². The molecular weight excluding hydrogens is 405 g/mol. The predicted molar refractivity (Wildman–Crippen MR) is 97.8 cm³/mol. The maximum absolute atomic E-state index is 13.0. The summed E-state index contributed by atoms with van der Waals surface area (Å²) in [5.74, 6) is -0.504. The number of alkyl halides is 3. The lowest BCUT2D eigenvalue weighted by molar-refractivity contribution is -0.496. The number of carbonyl (C=O) groups is 1. The molecule has 3 aliphatic rings. The van der Waals surface area contributed by atoms with Gasteiger partial charge in [0, 0.05) is 37.0 Å². The Morgan fingerprint density at radius 3 is 2.50 bits per heavy atom. The van der Waals surface area contributed by atoms with Crippen molar-refractivity contribution in [2.45, 2.75) is 69.9 Å². The Balaban J connectivity index is 1.45. The molecule has 30 heavy (non-hydrogen) atoms. The van der Waals surface area contributed by atoms with Gasteiger partial charge in [0.25, 0.3) is 0 Å². The van der Waals surface area contributed by atoms with Crippen molar-refractivity contribution in [1.82, 2.24) is 24.6 Å². The van der Waals surface area contributed by atoms with Crippen LogP contribution in [0.3, 0.4) is 0 Å². The average molecular weight is 430 g/mol. The highest BCUT2D eigenvalue weighted by Crippen LogP contribution is 2.40. The molecule has 0 radical (unpaired) electrons. The van der Waals surface area contributed by atoms with E-state index in [1.54, 1.807) is 4.90 Å². The van der Waals surface area contributed by atoms with Gasteiger partial charge < -0.3 is 9.47 Å². The van der Waals surface area contributed by atoms with Crippen molar-refractivity contribution in [2.24, 2.45) is 5.92 Å². The van der Waals surface area contributed by atoms with Gasteiger partial charge in [-0.1, -0.05) is 6.92 Å². The normalized spacial score (nSPS) is 30.5. The van der Waals surface area contributed by atoms with Crippen LogP contribution in [0.4, 0.5) is 13.2 Å². The van der Waals surface area contributed by atoms with Gasteiger partial charge in [0.2, 0.25) is 18.3 Å². The molecule has 0 N–H and O–H groups in total. The fourth-order valence-electron chi connectivity index (χ4n) is 5.30. The molecule has 1 aromatic heterocycles. The molecule has 2 aliphatic heterocycles. The zero-order valence-electron chi connectivity index (χ0n) is 16.8. The molecule has 1 saturated carbocycles. The highest BCUT2D eigenvalue weighted by Gasteiger charge is 2.50. The summed E-state index contributed by atoms with van der Waals surface area (Å²) < 4.78 is 40.2. The minimum Gasteiger partial charge on any atom is -0.330 e. The smallest absolute Gasteiger partial charge is 0.330 e. The van der Waals surface area contributed by atoms with Crippen molar-refractivity contribution in [2.75, 3.05) is 19.6 Å². The van der Waals surface area contributed by atoms with Crippen LogP contribution in [0.25, 0.3) is 0 Å². The summed E-state index contributed by atoms with van der Waals surface area (Å²) in [4.78, 5) is 27.3. The van der Waals surface area contributed by atoms with Crippen LogP contribution in [-0.2, 0) is 24.1 Å². The molecule has 0 spiro atoms. The fourth-order valence-corrected chi connectivity index (χ4v) is 5.30. The molecule has 1 amide bonds. The number of hydrogen-bond acceptors (Lipinski definition) is 6. The van der Waals surface area contributed by atoms with E-state index >= 15 is 0 Å². The number of aromatic nitrogens is 3. The number of fused-ring (bicyclic) bond motifs is 1. The van der Waals surface area contributed by atoms with E-state index < -0.39 is 17.5 Å². The Hall–Kier alpha value is -2.24. The first-order valence-electron chi connectivity index (χ1n) is 10.2. The van der Waals surface area contributed by atoms with Gasteiger partial charge in [-0.3, -0.25) is 19.8 Å². The van der Waals surface area contributed by atoms with Gasteiger partial charge in [0.1, 0.15) is 11.4 Å². The van der Waals surface area contributed by atoms with Crippen LogP contribution >= 0.6 is 0 Å². The summed E-state index contributed by atoms with van der Waals surface area (Å²) in [7, 11) is 0. The first kappa shape index (κ1) is 21.0. The number of amides is 1. The zero-order chi connectivity index (χ0) is 21.7. The van der Waals surface area contributed by atoms with Gasteiger partial charge in [-0.15, -0.1) is 10.2 Å². The van der Waals surface area contributed by atoms with E-state index in [-0.39, 0.29) is 42.4 Å². The highest BCUT2D eigenvalue weighted by molar-refractivity contribution is 5.79. The van der Waals surface area contributed by atoms with E-state index in [0.717, 1.165) is 4.57 Å². The van der Waals surface area contributed by atoms with Crippen LogP contribution in [0.2, 0.25) is 0 Å². The maximum Gasteiger partial charge on any atom is 0.451 e. The summed E-state index contributed by atoms with van der Waals surface area (Å²) in [6, 6.07) is 0.0970. The van der Waals surface area contributed by atoms with Gasteiger partial charge >= 0.3 is 6.18 Å². The van der Waals surface area contributed by atoms with E-state index in [2.05, 4.69) is 15.1 Å². The van der Waals surface area contributed by atoms with Crippen LogP contribution in [0.1, 0.15) is 50.7 Å². The van der Waals surface area contributed by atoms with E-state index in [0.29, 0.717) is 51.0 Å². The summed E-state index contributed by atoms with van der Waals surface area (Å²) in [5, 5.41) is 18.4. The first-order chi connectivity index (χ1) is 14.1. The SMILES string of the molecule is CC1CC(=O)N([C@]2(C[N+](=O)[O-])CC[C@@H](N3CCn4c(nnc4C(F)(F)F)C3)CC2)C1. The van der Waals surface area contributed by atoms with Crippen LogP contribution in [0.5, 0.6) is 0 Å². The molecular formula is C18H25F3N6O3. The second-order valence-electron chi connectivity index (χ2n) is 8.82. The third kappa shape index (κ3) is 3.77. The fraction of sp³-hybridized carbons (Fsp3) is 0.833. The Labute approximate surface area is 171 Å². The average Bonchev–Trinajstić information content (AvgIpc) is 3.24. The molecule has 1 unspecified atom stereocenters. The Morgan fingerprint density at radius 2 is 1.93 bits per heavy atom. The number of nitro groups is 1. The summed E-state index contributed by atoms with van der Waals surface area (Å²) in [6.45, 7) is 3.14. The lowest BCUT2D eigenvalue weighted by Gasteiger charge is -2.46. The van der Waals surface area contributed by atoms with Crippen LogP contribution in [-0.4, -0.2) is 66.6 Å². The van der Waals surface area contributed by atoms with E-state index in [4.69, 9.17) is 0 Å².